The highest BCUT2D eigenvalue weighted by Crippen LogP contribution is 2.20. The fraction of sp³-hybridized carbons (Fsp3) is 0.625. The summed E-state index contributed by atoms with van der Waals surface area (Å²) in [7, 11) is 1.94. The van der Waals surface area contributed by atoms with Crippen molar-refractivity contribution in [2.45, 2.75) is 12.5 Å². The van der Waals surface area contributed by atoms with Gasteiger partial charge >= 0.3 is 0 Å². The molecular weight excluding hydrogens is 170 g/mol. The average Bonchev–Trinajstić information content (AvgIpc) is 2.63. The predicted octanol–water partition coefficient (Wildman–Crippen LogP) is 1.34. The number of nitrogens with zero attached hydrogens (tertiary/aromatic N) is 2. The van der Waals surface area contributed by atoms with E-state index in [0.717, 1.165) is 5.82 Å². The van der Waals surface area contributed by atoms with E-state index in [0.29, 0.717) is 6.04 Å². The third kappa shape index (κ3) is 1.75. The SMILES string of the molecule is Cn1ccc(N[C@H]2CCSC2)n1. The van der Waals surface area contributed by atoms with Crippen LogP contribution in [0.2, 0.25) is 0 Å². The van der Waals surface area contributed by atoms with Crippen molar-refractivity contribution in [2.75, 3.05) is 16.8 Å². The molecule has 0 unspecified atom stereocenters. The topological polar surface area (TPSA) is 29.9 Å². The molecule has 66 valence electrons. The van der Waals surface area contributed by atoms with Crippen LogP contribution in [0.3, 0.4) is 0 Å². The van der Waals surface area contributed by atoms with Crippen LogP contribution >= 0.6 is 11.8 Å². The highest BCUT2D eigenvalue weighted by atomic mass is 32.2. The van der Waals surface area contributed by atoms with Gasteiger partial charge in [0.15, 0.2) is 0 Å². The zero-order chi connectivity index (χ0) is 8.39. The smallest absolute Gasteiger partial charge is 0.148 e. The standard InChI is InChI=1S/C8H13N3S/c1-11-4-2-8(10-11)9-7-3-5-12-6-7/h2,4,7H,3,5-6H2,1H3,(H,9,10)/t7-/m0/s1. The van der Waals surface area contributed by atoms with Crippen LogP contribution in [0.15, 0.2) is 12.3 Å². The van der Waals surface area contributed by atoms with E-state index in [1.54, 1.807) is 0 Å². The third-order valence-corrected chi connectivity index (χ3v) is 3.16. The third-order valence-electron chi connectivity index (χ3n) is 2.00. The van der Waals surface area contributed by atoms with E-state index in [4.69, 9.17) is 0 Å². The molecule has 0 spiro atoms. The van der Waals surface area contributed by atoms with Crippen molar-refractivity contribution in [1.82, 2.24) is 9.78 Å². The Morgan fingerprint density at radius 3 is 3.25 bits per heavy atom. The van der Waals surface area contributed by atoms with Crippen molar-refractivity contribution in [3.63, 3.8) is 0 Å². The Hall–Kier alpha value is -0.640. The summed E-state index contributed by atoms with van der Waals surface area (Å²) in [5, 5.41) is 7.68. The Morgan fingerprint density at radius 2 is 2.67 bits per heavy atom. The van der Waals surface area contributed by atoms with Gasteiger partial charge in [0.1, 0.15) is 5.82 Å². The Morgan fingerprint density at radius 1 is 1.75 bits per heavy atom. The Kier molecular flexibility index (Phi) is 2.26. The fourth-order valence-electron chi connectivity index (χ4n) is 1.35. The maximum atomic E-state index is 4.27. The molecule has 12 heavy (non-hydrogen) atoms. The minimum Gasteiger partial charge on any atom is -0.365 e. The molecule has 1 aliphatic rings. The number of thioether (sulfide) groups is 1. The van der Waals surface area contributed by atoms with Gasteiger partial charge < -0.3 is 5.32 Å². The Bertz CT molecular complexity index is 253. The van der Waals surface area contributed by atoms with Crippen LogP contribution in [0.5, 0.6) is 0 Å². The number of aryl methyl sites for hydroxylation is 1. The lowest BCUT2D eigenvalue weighted by Crippen LogP contribution is -2.18. The molecule has 1 aromatic rings. The van der Waals surface area contributed by atoms with Gasteiger partial charge in [-0.05, 0) is 12.2 Å². The largest absolute Gasteiger partial charge is 0.365 e. The molecule has 0 aromatic carbocycles. The van der Waals surface area contributed by atoms with Gasteiger partial charge in [-0.3, -0.25) is 4.68 Å². The van der Waals surface area contributed by atoms with E-state index in [1.165, 1.54) is 17.9 Å². The van der Waals surface area contributed by atoms with Gasteiger partial charge in [-0.15, -0.1) is 0 Å². The van der Waals surface area contributed by atoms with Gasteiger partial charge in [0, 0.05) is 31.1 Å². The lowest BCUT2D eigenvalue weighted by Gasteiger charge is -2.08. The summed E-state index contributed by atoms with van der Waals surface area (Å²) >= 11 is 2.01. The summed E-state index contributed by atoms with van der Waals surface area (Å²) in [6.45, 7) is 0. The molecule has 1 N–H and O–H groups in total. The molecule has 2 rings (SSSR count). The van der Waals surface area contributed by atoms with Crippen LogP contribution in [-0.4, -0.2) is 27.3 Å². The van der Waals surface area contributed by atoms with Crippen molar-refractivity contribution >= 4 is 17.6 Å². The minimum atomic E-state index is 0.630. The first-order chi connectivity index (χ1) is 5.84. The van der Waals surface area contributed by atoms with E-state index in [-0.39, 0.29) is 0 Å². The van der Waals surface area contributed by atoms with Crippen molar-refractivity contribution in [3.8, 4) is 0 Å². The average molecular weight is 183 g/mol. The number of hydrogen-bond donors (Lipinski definition) is 1. The number of anilines is 1. The monoisotopic (exact) mass is 183 g/mol. The molecular formula is C8H13N3S. The molecule has 1 aliphatic heterocycles. The first kappa shape index (κ1) is 7.98. The van der Waals surface area contributed by atoms with Crippen LogP contribution in [0.4, 0.5) is 5.82 Å². The molecule has 0 amide bonds. The molecule has 3 nitrogen and oxygen atoms in total. The van der Waals surface area contributed by atoms with Gasteiger partial charge in [-0.1, -0.05) is 0 Å². The second-order valence-electron chi connectivity index (χ2n) is 3.08. The second-order valence-corrected chi connectivity index (χ2v) is 4.23. The zero-order valence-corrected chi connectivity index (χ0v) is 7.97. The van der Waals surface area contributed by atoms with Crippen molar-refractivity contribution in [2.24, 2.45) is 7.05 Å². The van der Waals surface area contributed by atoms with Crippen LogP contribution in [-0.2, 0) is 7.05 Å². The summed E-state index contributed by atoms with van der Waals surface area (Å²) in [6, 6.07) is 2.65. The lowest BCUT2D eigenvalue weighted by atomic mass is 10.3. The second kappa shape index (κ2) is 3.39. The van der Waals surface area contributed by atoms with Crippen LogP contribution in [0, 0.1) is 0 Å². The molecule has 4 heteroatoms. The van der Waals surface area contributed by atoms with Gasteiger partial charge in [0.25, 0.3) is 0 Å². The van der Waals surface area contributed by atoms with Gasteiger partial charge in [-0.2, -0.15) is 16.9 Å². The fourth-order valence-corrected chi connectivity index (χ4v) is 2.50. The summed E-state index contributed by atoms with van der Waals surface area (Å²) in [5.41, 5.74) is 0. The van der Waals surface area contributed by atoms with E-state index in [9.17, 15) is 0 Å². The first-order valence-electron chi connectivity index (χ1n) is 4.18. The Balaban J connectivity index is 1.94. The molecule has 2 heterocycles. The molecule has 1 fully saturated rings. The quantitative estimate of drug-likeness (QED) is 0.750. The van der Waals surface area contributed by atoms with E-state index < -0.39 is 0 Å². The predicted molar refractivity (Wildman–Crippen MR) is 52.6 cm³/mol. The van der Waals surface area contributed by atoms with E-state index >= 15 is 0 Å². The minimum absolute atomic E-state index is 0.630. The highest BCUT2D eigenvalue weighted by molar-refractivity contribution is 7.99. The van der Waals surface area contributed by atoms with Crippen LogP contribution < -0.4 is 5.32 Å². The molecule has 0 radical (unpaired) electrons. The van der Waals surface area contributed by atoms with Gasteiger partial charge in [-0.25, -0.2) is 0 Å². The molecule has 0 aliphatic carbocycles. The van der Waals surface area contributed by atoms with Crippen molar-refractivity contribution in [3.05, 3.63) is 12.3 Å². The number of nitrogens with one attached hydrogen (secondary N) is 1. The summed E-state index contributed by atoms with van der Waals surface area (Å²) < 4.78 is 1.82. The number of aromatic nitrogens is 2. The number of rotatable bonds is 2. The number of hydrogen-bond acceptors (Lipinski definition) is 3. The van der Waals surface area contributed by atoms with Crippen LogP contribution in [0.1, 0.15) is 6.42 Å². The Labute approximate surface area is 76.5 Å². The van der Waals surface area contributed by atoms with Crippen LogP contribution in [0.25, 0.3) is 0 Å². The molecule has 1 atom stereocenters. The van der Waals surface area contributed by atoms with E-state index in [2.05, 4.69) is 10.4 Å². The molecule has 1 saturated heterocycles. The maximum Gasteiger partial charge on any atom is 0.148 e. The zero-order valence-electron chi connectivity index (χ0n) is 7.16. The lowest BCUT2D eigenvalue weighted by molar-refractivity contribution is 0.752. The van der Waals surface area contributed by atoms with Gasteiger partial charge in [0.2, 0.25) is 0 Å². The molecule has 0 bridgehead atoms. The van der Waals surface area contributed by atoms with Gasteiger partial charge in [0.05, 0.1) is 0 Å². The first-order valence-corrected chi connectivity index (χ1v) is 5.34. The molecule has 0 saturated carbocycles. The summed E-state index contributed by atoms with van der Waals surface area (Å²) in [6.07, 6.45) is 3.23. The summed E-state index contributed by atoms with van der Waals surface area (Å²) in [5.74, 6) is 3.51. The van der Waals surface area contributed by atoms with E-state index in [1.807, 2.05) is 35.8 Å². The summed E-state index contributed by atoms with van der Waals surface area (Å²) in [4.78, 5) is 0. The maximum absolute atomic E-state index is 4.27. The van der Waals surface area contributed by atoms with Crippen molar-refractivity contribution in [1.29, 1.82) is 0 Å². The highest BCUT2D eigenvalue weighted by Gasteiger charge is 2.15. The normalized spacial score (nSPS) is 22.9. The molecule has 1 aromatic heterocycles. The van der Waals surface area contributed by atoms with Crippen molar-refractivity contribution < 1.29 is 0 Å².